The van der Waals surface area contributed by atoms with Crippen LogP contribution in [0.2, 0.25) is 15.1 Å². The first kappa shape index (κ1) is 33.5. The number of amides is 2. The number of nitrogens with zero attached hydrogens (tertiary/aromatic N) is 2. The van der Waals surface area contributed by atoms with Crippen molar-refractivity contribution in [1.29, 1.82) is 0 Å². The van der Waals surface area contributed by atoms with Gasteiger partial charge in [0.2, 0.25) is 21.8 Å². The third-order valence-electron chi connectivity index (χ3n) is 6.45. The Morgan fingerprint density at radius 2 is 1.57 bits per heavy atom. The van der Waals surface area contributed by atoms with E-state index < -0.39 is 28.5 Å². The number of rotatable bonds is 13. The second-order valence-electron chi connectivity index (χ2n) is 10.2. The molecule has 1 N–H and O–H groups in total. The molecular weight excluding hydrogens is 621 g/mol. The highest BCUT2D eigenvalue weighted by atomic mass is 35.5. The van der Waals surface area contributed by atoms with E-state index in [9.17, 15) is 18.0 Å². The van der Waals surface area contributed by atoms with Crippen molar-refractivity contribution in [3.05, 3.63) is 92.9 Å². The summed E-state index contributed by atoms with van der Waals surface area (Å²) in [5, 5.41) is 3.72. The number of hydrogen-bond donors (Lipinski definition) is 1. The van der Waals surface area contributed by atoms with Gasteiger partial charge in [-0.15, -0.1) is 0 Å². The van der Waals surface area contributed by atoms with Gasteiger partial charge in [-0.1, -0.05) is 85.0 Å². The van der Waals surface area contributed by atoms with E-state index in [4.69, 9.17) is 39.5 Å². The number of halogens is 3. The predicted octanol–water partition coefficient (Wildman–Crippen LogP) is 5.83. The van der Waals surface area contributed by atoms with E-state index in [1.54, 1.807) is 18.2 Å². The minimum absolute atomic E-state index is 0.134. The van der Waals surface area contributed by atoms with Crippen LogP contribution >= 0.6 is 34.8 Å². The van der Waals surface area contributed by atoms with Crippen LogP contribution in [0.4, 0.5) is 5.69 Å². The lowest BCUT2D eigenvalue weighted by molar-refractivity contribution is -0.140. The lowest BCUT2D eigenvalue weighted by atomic mass is 10.0. The number of benzene rings is 3. The van der Waals surface area contributed by atoms with Crippen LogP contribution in [0.5, 0.6) is 5.75 Å². The third kappa shape index (κ3) is 9.01. The van der Waals surface area contributed by atoms with Gasteiger partial charge in [-0.2, -0.15) is 0 Å². The SMILES string of the molecule is COc1ccc(N(CC(=O)N(Cc2c(Cl)cccc2Cl)C(Cc2ccccc2)C(=O)NCC(C)C)S(C)(=O)=O)cc1Cl. The van der Waals surface area contributed by atoms with Crippen LogP contribution in [-0.2, 0) is 32.6 Å². The summed E-state index contributed by atoms with van der Waals surface area (Å²) in [6, 6.07) is 17.6. The first-order chi connectivity index (χ1) is 19.8. The van der Waals surface area contributed by atoms with E-state index in [1.165, 1.54) is 30.2 Å². The summed E-state index contributed by atoms with van der Waals surface area (Å²) in [6.07, 6.45) is 1.16. The molecule has 0 aliphatic carbocycles. The fourth-order valence-electron chi connectivity index (χ4n) is 4.25. The van der Waals surface area contributed by atoms with Crippen molar-refractivity contribution in [1.82, 2.24) is 10.2 Å². The van der Waals surface area contributed by atoms with Crippen molar-refractivity contribution in [2.45, 2.75) is 32.9 Å². The van der Waals surface area contributed by atoms with Crippen LogP contribution < -0.4 is 14.4 Å². The highest BCUT2D eigenvalue weighted by Crippen LogP contribution is 2.31. The summed E-state index contributed by atoms with van der Waals surface area (Å²) in [6.45, 7) is 3.57. The molecule has 3 aromatic carbocycles. The molecule has 0 bridgehead atoms. The number of carbonyl (C=O) groups is 2. The standard InChI is InChI=1S/C30H34Cl3N3O5S/c1-20(2)17-34-30(38)27(15-21-9-6-5-7-10-21)35(18-23-24(31)11-8-12-25(23)32)29(37)19-36(42(4,39)40)22-13-14-28(41-3)26(33)16-22/h5-14,16,20,27H,15,17-19H2,1-4H3,(H,34,38). The van der Waals surface area contributed by atoms with E-state index >= 15 is 0 Å². The average molecular weight is 655 g/mol. The topological polar surface area (TPSA) is 96.0 Å². The van der Waals surface area contributed by atoms with E-state index in [2.05, 4.69) is 5.32 Å². The summed E-state index contributed by atoms with van der Waals surface area (Å²) in [7, 11) is -2.53. The van der Waals surface area contributed by atoms with Gasteiger partial charge in [-0.3, -0.25) is 13.9 Å². The molecule has 0 spiro atoms. The maximum Gasteiger partial charge on any atom is 0.244 e. The zero-order valence-electron chi connectivity index (χ0n) is 23.8. The molecule has 0 saturated heterocycles. The summed E-state index contributed by atoms with van der Waals surface area (Å²) >= 11 is 19.3. The van der Waals surface area contributed by atoms with E-state index in [1.807, 2.05) is 44.2 Å². The number of hydrogen-bond acceptors (Lipinski definition) is 5. The summed E-state index contributed by atoms with van der Waals surface area (Å²) in [5.74, 6) is -0.513. The number of ether oxygens (including phenoxy) is 1. The summed E-state index contributed by atoms with van der Waals surface area (Å²) in [4.78, 5) is 29.2. The van der Waals surface area contributed by atoms with Gasteiger partial charge in [-0.25, -0.2) is 8.42 Å². The van der Waals surface area contributed by atoms with Gasteiger partial charge < -0.3 is 15.0 Å². The number of methoxy groups -OCH3 is 1. The molecule has 0 heterocycles. The molecule has 3 rings (SSSR count). The van der Waals surface area contributed by atoms with Crippen molar-refractivity contribution >= 4 is 62.3 Å². The molecule has 0 fully saturated rings. The van der Waals surface area contributed by atoms with E-state index in [0.29, 0.717) is 27.9 Å². The molecule has 1 atom stereocenters. The highest BCUT2D eigenvalue weighted by molar-refractivity contribution is 7.92. The molecule has 0 aliphatic rings. The zero-order chi connectivity index (χ0) is 31.0. The minimum atomic E-state index is -3.96. The maximum absolute atomic E-state index is 14.2. The van der Waals surface area contributed by atoms with Crippen LogP contribution in [0.15, 0.2) is 66.7 Å². The predicted molar refractivity (Wildman–Crippen MR) is 169 cm³/mol. The Bertz CT molecular complexity index is 1480. The molecule has 0 saturated carbocycles. The van der Waals surface area contributed by atoms with Gasteiger partial charge in [0.05, 0.1) is 24.1 Å². The molecular formula is C30H34Cl3N3O5S. The normalized spacial score (nSPS) is 12.1. The molecule has 226 valence electrons. The number of sulfonamides is 1. The van der Waals surface area contributed by atoms with Crippen molar-refractivity contribution in [3.63, 3.8) is 0 Å². The van der Waals surface area contributed by atoms with Crippen LogP contribution in [-0.4, -0.2) is 57.6 Å². The van der Waals surface area contributed by atoms with Crippen LogP contribution in [0.25, 0.3) is 0 Å². The average Bonchev–Trinajstić information content (AvgIpc) is 2.93. The Balaban J connectivity index is 2.10. The Morgan fingerprint density at radius 3 is 2.12 bits per heavy atom. The highest BCUT2D eigenvalue weighted by Gasteiger charge is 2.34. The van der Waals surface area contributed by atoms with Gasteiger partial charge in [0.25, 0.3) is 0 Å². The summed E-state index contributed by atoms with van der Waals surface area (Å²) < 4.78 is 32.0. The fourth-order valence-corrected chi connectivity index (χ4v) is 5.86. The Labute approximate surface area is 262 Å². The van der Waals surface area contributed by atoms with Crippen LogP contribution in [0, 0.1) is 5.92 Å². The largest absolute Gasteiger partial charge is 0.495 e. The molecule has 1 unspecified atom stereocenters. The quantitative estimate of drug-likeness (QED) is 0.250. The Morgan fingerprint density at radius 1 is 0.929 bits per heavy atom. The zero-order valence-corrected chi connectivity index (χ0v) is 26.9. The molecule has 0 radical (unpaired) electrons. The van der Waals surface area contributed by atoms with Crippen molar-refractivity contribution in [2.75, 3.05) is 30.8 Å². The number of carbonyl (C=O) groups excluding carboxylic acids is 2. The molecule has 0 aliphatic heterocycles. The van der Waals surface area contributed by atoms with Gasteiger partial charge >= 0.3 is 0 Å². The second-order valence-corrected chi connectivity index (χ2v) is 13.3. The molecule has 3 aromatic rings. The second kappa shape index (κ2) is 15.0. The molecule has 2 amide bonds. The minimum Gasteiger partial charge on any atom is -0.495 e. The smallest absolute Gasteiger partial charge is 0.244 e. The number of nitrogens with one attached hydrogen (secondary N) is 1. The Hall–Kier alpha value is -2.98. The maximum atomic E-state index is 14.2. The first-order valence-electron chi connectivity index (χ1n) is 13.2. The van der Waals surface area contributed by atoms with Crippen LogP contribution in [0.3, 0.4) is 0 Å². The van der Waals surface area contributed by atoms with Gasteiger partial charge in [0.1, 0.15) is 18.3 Å². The molecule has 42 heavy (non-hydrogen) atoms. The lowest BCUT2D eigenvalue weighted by Crippen LogP contribution is -2.53. The van der Waals surface area contributed by atoms with E-state index in [0.717, 1.165) is 16.1 Å². The first-order valence-corrected chi connectivity index (χ1v) is 16.1. The molecule has 8 nitrogen and oxygen atoms in total. The fraction of sp³-hybridized carbons (Fsp3) is 0.333. The monoisotopic (exact) mass is 653 g/mol. The van der Waals surface area contributed by atoms with Crippen molar-refractivity contribution in [2.24, 2.45) is 5.92 Å². The molecule has 0 aromatic heterocycles. The van der Waals surface area contributed by atoms with Crippen LogP contribution in [0.1, 0.15) is 25.0 Å². The molecule has 12 heteroatoms. The van der Waals surface area contributed by atoms with Gasteiger partial charge in [-0.05, 0) is 41.8 Å². The van der Waals surface area contributed by atoms with Crippen molar-refractivity contribution < 1.29 is 22.7 Å². The van der Waals surface area contributed by atoms with E-state index in [-0.39, 0.29) is 35.5 Å². The number of anilines is 1. The van der Waals surface area contributed by atoms with Gasteiger partial charge in [0.15, 0.2) is 0 Å². The third-order valence-corrected chi connectivity index (χ3v) is 8.59. The Kier molecular flexibility index (Phi) is 11.9. The summed E-state index contributed by atoms with van der Waals surface area (Å²) in [5.41, 5.74) is 1.41. The van der Waals surface area contributed by atoms with Gasteiger partial charge in [0, 0.05) is 35.1 Å². The van der Waals surface area contributed by atoms with Crippen molar-refractivity contribution in [3.8, 4) is 5.75 Å². The lowest BCUT2D eigenvalue weighted by Gasteiger charge is -2.34.